The van der Waals surface area contributed by atoms with Crippen molar-refractivity contribution in [2.75, 3.05) is 32.4 Å². The average Bonchev–Trinajstić information content (AvgIpc) is 3.04. The summed E-state index contributed by atoms with van der Waals surface area (Å²) in [6.45, 7) is 9.12. The van der Waals surface area contributed by atoms with Crippen molar-refractivity contribution in [2.45, 2.75) is 45.6 Å². The number of hydrogen-bond donors (Lipinski definition) is 2. The fraction of sp³-hybridized carbons (Fsp3) is 0.733. The Morgan fingerprint density at radius 2 is 2.29 bits per heavy atom. The number of nitrogens with zero attached hydrogens (tertiary/aromatic N) is 3. The summed E-state index contributed by atoms with van der Waals surface area (Å²) in [7, 11) is 1.83. The van der Waals surface area contributed by atoms with E-state index in [1.807, 2.05) is 20.9 Å². The number of aromatic amines is 1. The van der Waals surface area contributed by atoms with Crippen LogP contribution in [0, 0.1) is 0 Å². The molecule has 1 amide bonds. The predicted octanol–water partition coefficient (Wildman–Crippen LogP) is 1.67. The van der Waals surface area contributed by atoms with Gasteiger partial charge < -0.3 is 10.6 Å². The Morgan fingerprint density at radius 1 is 1.57 bits per heavy atom. The van der Waals surface area contributed by atoms with E-state index in [-0.39, 0.29) is 11.8 Å². The van der Waals surface area contributed by atoms with Gasteiger partial charge in [-0.2, -0.15) is 5.10 Å². The first-order valence-electron chi connectivity index (χ1n) is 7.78. The van der Waals surface area contributed by atoms with Crippen LogP contribution >= 0.6 is 0 Å². The number of nitrogens with two attached hydrogens (primary N) is 1. The van der Waals surface area contributed by atoms with Crippen molar-refractivity contribution in [1.29, 1.82) is 0 Å². The van der Waals surface area contributed by atoms with Crippen molar-refractivity contribution in [3.05, 3.63) is 11.4 Å². The molecule has 2 heterocycles. The maximum Gasteiger partial charge on any atom is 0.276 e. The second-order valence-electron chi connectivity index (χ2n) is 6.16. The van der Waals surface area contributed by atoms with E-state index >= 15 is 0 Å². The minimum absolute atomic E-state index is 0.0985. The monoisotopic (exact) mass is 293 g/mol. The van der Waals surface area contributed by atoms with E-state index in [0.717, 1.165) is 31.7 Å². The van der Waals surface area contributed by atoms with Gasteiger partial charge in [-0.15, -0.1) is 0 Å². The van der Waals surface area contributed by atoms with E-state index < -0.39 is 0 Å². The van der Waals surface area contributed by atoms with E-state index in [2.05, 4.69) is 22.0 Å². The van der Waals surface area contributed by atoms with Gasteiger partial charge in [-0.05, 0) is 31.8 Å². The molecule has 1 aromatic heterocycles. The molecule has 0 aliphatic carbocycles. The Kier molecular flexibility index (Phi) is 4.88. The molecule has 1 aliphatic heterocycles. The molecule has 1 aliphatic rings. The highest BCUT2D eigenvalue weighted by Crippen LogP contribution is 2.23. The molecule has 0 aromatic carbocycles. The number of amides is 1. The summed E-state index contributed by atoms with van der Waals surface area (Å²) < 4.78 is 0. The number of likely N-dealkylation sites (tertiary alicyclic amines) is 1. The Hall–Kier alpha value is -1.56. The number of nitrogens with one attached hydrogen (secondary N) is 1. The van der Waals surface area contributed by atoms with Gasteiger partial charge in [0, 0.05) is 19.6 Å². The molecule has 0 saturated carbocycles. The van der Waals surface area contributed by atoms with Crippen LogP contribution in [-0.4, -0.2) is 58.6 Å². The molecule has 1 unspecified atom stereocenters. The smallest absolute Gasteiger partial charge is 0.276 e. The van der Waals surface area contributed by atoms with Crippen LogP contribution in [-0.2, 0) is 0 Å². The maximum atomic E-state index is 12.5. The quantitative estimate of drug-likeness (QED) is 0.865. The van der Waals surface area contributed by atoms with E-state index in [0.29, 0.717) is 17.4 Å². The van der Waals surface area contributed by atoms with E-state index in [9.17, 15) is 4.79 Å². The number of likely N-dealkylation sites (N-methyl/N-ethyl adjacent to an activating group) is 2. The van der Waals surface area contributed by atoms with Gasteiger partial charge in [0.15, 0.2) is 5.69 Å². The van der Waals surface area contributed by atoms with E-state index in [1.54, 1.807) is 4.90 Å². The summed E-state index contributed by atoms with van der Waals surface area (Å²) >= 11 is 0. The molecule has 118 valence electrons. The molecule has 6 heteroatoms. The van der Waals surface area contributed by atoms with Gasteiger partial charge in [-0.25, -0.2) is 0 Å². The largest absolute Gasteiger partial charge is 0.395 e. The van der Waals surface area contributed by atoms with Crippen LogP contribution in [0.3, 0.4) is 0 Å². The Balaban J connectivity index is 2.05. The number of anilines is 1. The highest BCUT2D eigenvalue weighted by molar-refractivity contribution is 5.97. The van der Waals surface area contributed by atoms with E-state index in [4.69, 9.17) is 5.73 Å². The molecule has 2 rings (SSSR count). The van der Waals surface area contributed by atoms with Gasteiger partial charge >= 0.3 is 0 Å². The Bertz CT molecular complexity index is 496. The first kappa shape index (κ1) is 15.8. The number of carbonyl (C=O) groups is 1. The molecular formula is C15H27N5O. The number of H-pyrrole nitrogens is 1. The molecule has 21 heavy (non-hydrogen) atoms. The molecule has 1 fully saturated rings. The van der Waals surface area contributed by atoms with Crippen molar-refractivity contribution in [3.63, 3.8) is 0 Å². The lowest BCUT2D eigenvalue weighted by molar-refractivity contribution is 0.0750. The first-order valence-corrected chi connectivity index (χ1v) is 7.78. The topological polar surface area (TPSA) is 78.2 Å². The minimum Gasteiger partial charge on any atom is -0.395 e. The SMILES string of the molecule is CCN1CCCC1CN(C)C(=O)c1n[nH]c(C(C)C)c1N. The van der Waals surface area contributed by atoms with Gasteiger partial charge in [0.1, 0.15) is 0 Å². The van der Waals surface area contributed by atoms with Crippen LogP contribution in [0.4, 0.5) is 5.69 Å². The van der Waals surface area contributed by atoms with Crippen LogP contribution in [0.5, 0.6) is 0 Å². The minimum atomic E-state index is -0.0985. The zero-order valence-electron chi connectivity index (χ0n) is 13.5. The third-order valence-corrected chi connectivity index (χ3v) is 4.35. The summed E-state index contributed by atoms with van der Waals surface area (Å²) in [6, 6.07) is 0.452. The zero-order chi connectivity index (χ0) is 15.6. The molecule has 0 spiro atoms. The highest BCUT2D eigenvalue weighted by atomic mass is 16.2. The molecule has 1 atom stereocenters. The van der Waals surface area contributed by atoms with Crippen molar-refractivity contribution >= 4 is 11.6 Å². The van der Waals surface area contributed by atoms with Gasteiger partial charge in [-0.3, -0.25) is 14.8 Å². The summed E-state index contributed by atoms with van der Waals surface area (Å²) in [5.41, 5.74) is 7.72. The van der Waals surface area contributed by atoms with Crippen LogP contribution in [0.25, 0.3) is 0 Å². The molecule has 1 saturated heterocycles. The van der Waals surface area contributed by atoms with Crippen LogP contribution in [0.1, 0.15) is 55.7 Å². The molecule has 6 nitrogen and oxygen atoms in total. The highest BCUT2D eigenvalue weighted by Gasteiger charge is 2.28. The Labute approximate surface area is 126 Å². The number of aromatic nitrogens is 2. The number of rotatable bonds is 5. The first-order chi connectivity index (χ1) is 9.95. The Morgan fingerprint density at radius 3 is 2.86 bits per heavy atom. The third-order valence-electron chi connectivity index (χ3n) is 4.35. The lowest BCUT2D eigenvalue weighted by atomic mass is 10.1. The lowest BCUT2D eigenvalue weighted by Crippen LogP contribution is -2.41. The van der Waals surface area contributed by atoms with Crippen LogP contribution in [0.15, 0.2) is 0 Å². The predicted molar refractivity (Wildman–Crippen MR) is 84.3 cm³/mol. The van der Waals surface area contributed by atoms with Crippen molar-refractivity contribution < 1.29 is 4.79 Å². The lowest BCUT2D eigenvalue weighted by Gasteiger charge is -2.27. The second-order valence-corrected chi connectivity index (χ2v) is 6.16. The van der Waals surface area contributed by atoms with Gasteiger partial charge in [0.05, 0.1) is 11.4 Å². The molecule has 0 radical (unpaired) electrons. The number of hydrogen-bond acceptors (Lipinski definition) is 4. The number of carbonyl (C=O) groups excluding carboxylic acids is 1. The van der Waals surface area contributed by atoms with Crippen LogP contribution in [0.2, 0.25) is 0 Å². The third kappa shape index (κ3) is 3.20. The average molecular weight is 293 g/mol. The van der Waals surface area contributed by atoms with E-state index in [1.165, 1.54) is 6.42 Å². The van der Waals surface area contributed by atoms with Gasteiger partial charge in [-0.1, -0.05) is 20.8 Å². The van der Waals surface area contributed by atoms with Crippen LogP contribution < -0.4 is 5.73 Å². The summed E-state index contributed by atoms with van der Waals surface area (Å²) in [5.74, 6) is 0.133. The standard InChI is InChI=1S/C15H27N5O/c1-5-20-8-6-7-11(20)9-19(4)15(21)14-12(16)13(10(2)3)17-18-14/h10-11H,5-9,16H2,1-4H3,(H,17,18). The fourth-order valence-corrected chi connectivity index (χ4v) is 3.07. The zero-order valence-corrected chi connectivity index (χ0v) is 13.5. The van der Waals surface area contributed by atoms with Crippen molar-refractivity contribution in [2.24, 2.45) is 0 Å². The summed E-state index contributed by atoms with van der Waals surface area (Å²) in [5, 5.41) is 7.01. The molecule has 0 bridgehead atoms. The molecular weight excluding hydrogens is 266 g/mol. The second kappa shape index (κ2) is 6.47. The normalized spacial score (nSPS) is 19.4. The molecule has 3 N–H and O–H groups in total. The summed E-state index contributed by atoms with van der Waals surface area (Å²) in [6.07, 6.45) is 2.36. The van der Waals surface area contributed by atoms with Gasteiger partial charge in [0.2, 0.25) is 0 Å². The molecule has 1 aromatic rings. The summed E-state index contributed by atoms with van der Waals surface area (Å²) in [4.78, 5) is 16.7. The van der Waals surface area contributed by atoms with Gasteiger partial charge in [0.25, 0.3) is 5.91 Å². The van der Waals surface area contributed by atoms with Crippen molar-refractivity contribution in [3.8, 4) is 0 Å². The number of nitrogen functional groups attached to an aromatic ring is 1. The maximum absolute atomic E-state index is 12.5. The fourth-order valence-electron chi connectivity index (χ4n) is 3.07. The van der Waals surface area contributed by atoms with Crippen molar-refractivity contribution in [1.82, 2.24) is 20.0 Å².